The summed E-state index contributed by atoms with van der Waals surface area (Å²) in [5, 5.41) is 22.0. The minimum Gasteiger partial charge on any atom is -0.493 e. The Morgan fingerprint density at radius 3 is 2.53 bits per heavy atom. The molecule has 1 unspecified atom stereocenters. The molecule has 15 nitrogen and oxygen atoms in total. The smallest absolute Gasteiger partial charge is 0.355 e. The molecule has 16 heteroatoms. The number of carboxylic acids is 1. The van der Waals surface area contributed by atoms with E-state index in [-0.39, 0.29) is 23.4 Å². The monoisotopic (exact) mass is 960 g/mol. The first-order valence-corrected chi connectivity index (χ1v) is 25.0. The summed E-state index contributed by atoms with van der Waals surface area (Å²) in [5.41, 5.74) is 7.09. The first kappa shape index (κ1) is 46.6. The van der Waals surface area contributed by atoms with E-state index in [0.29, 0.717) is 79.3 Å². The molecule has 7 aromatic rings. The van der Waals surface area contributed by atoms with Crippen molar-refractivity contribution in [1.29, 1.82) is 0 Å². The number of thiazole rings is 1. The lowest BCUT2D eigenvalue weighted by molar-refractivity contribution is -0.134. The second-order valence-electron chi connectivity index (χ2n) is 18.5. The fraction of sp³-hybridized carbons (Fsp3) is 0.352. The molecule has 0 aliphatic carbocycles. The van der Waals surface area contributed by atoms with E-state index in [0.717, 1.165) is 107 Å². The number of ether oxygens (including phenoxy) is 2. The highest BCUT2D eigenvalue weighted by molar-refractivity contribution is 7.22. The van der Waals surface area contributed by atoms with E-state index in [1.807, 2.05) is 110 Å². The SMILES string of the molecule is Cc1c(OCCCC2CCN(CCCOc3ccc4c(C5CCC(=O)NC5=O)nn(C)c4c3)CC2)cccc1-c1ccc(N2CCc3cccc(C(=O)Nc4nc5ccccc5s4)c3C2)nc1C(=O)O. The summed E-state index contributed by atoms with van der Waals surface area (Å²) >= 11 is 1.43. The molecule has 3 N–H and O–H groups in total. The molecule has 0 bridgehead atoms. The van der Waals surface area contributed by atoms with Crippen LogP contribution in [-0.2, 0) is 29.6 Å². The van der Waals surface area contributed by atoms with Gasteiger partial charge in [-0.25, -0.2) is 14.8 Å². The Morgan fingerprint density at radius 2 is 1.70 bits per heavy atom. The molecule has 1 atom stereocenters. The van der Waals surface area contributed by atoms with E-state index in [2.05, 4.69) is 25.6 Å². The maximum absolute atomic E-state index is 13.6. The molecule has 0 radical (unpaired) electrons. The summed E-state index contributed by atoms with van der Waals surface area (Å²) in [7, 11) is 1.86. The first-order chi connectivity index (χ1) is 34.1. The van der Waals surface area contributed by atoms with Gasteiger partial charge in [0.1, 0.15) is 17.3 Å². The van der Waals surface area contributed by atoms with Crippen molar-refractivity contribution in [2.45, 2.75) is 70.8 Å². The Morgan fingerprint density at radius 1 is 0.871 bits per heavy atom. The minimum atomic E-state index is -1.11. The molecular formula is C54H56N8O7S. The van der Waals surface area contributed by atoms with E-state index in [4.69, 9.17) is 14.5 Å². The van der Waals surface area contributed by atoms with Crippen LogP contribution in [0, 0.1) is 12.8 Å². The third kappa shape index (κ3) is 9.96. The molecule has 2 fully saturated rings. The lowest BCUT2D eigenvalue weighted by Gasteiger charge is -2.32. The van der Waals surface area contributed by atoms with Crippen molar-refractivity contribution >= 4 is 67.1 Å². The van der Waals surface area contributed by atoms with Crippen LogP contribution in [0.4, 0.5) is 10.9 Å². The Hall–Kier alpha value is -7.17. The van der Waals surface area contributed by atoms with Gasteiger partial charge in [0.2, 0.25) is 11.8 Å². The molecule has 2 saturated heterocycles. The number of hydrogen-bond acceptors (Lipinski definition) is 12. The average molecular weight is 961 g/mol. The number of fused-ring (bicyclic) bond motifs is 3. The fourth-order valence-corrected chi connectivity index (χ4v) is 11.1. The maximum Gasteiger partial charge on any atom is 0.355 e. The second kappa shape index (κ2) is 20.4. The molecular weight excluding hydrogens is 905 g/mol. The highest BCUT2D eigenvalue weighted by Crippen LogP contribution is 2.36. The predicted octanol–water partition coefficient (Wildman–Crippen LogP) is 8.93. The number of carbonyl (C=O) groups is 4. The van der Waals surface area contributed by atoms with Gasteiger partial charge in [0.25, 0.3) is 5.91 Å². The summed E-state index contributed by atoms with van der Waals surface area (Å²) in [6.45, 7) is 7.28. The third-order valence-corrected chi connectivity index (χ3v) is 15.0. The third-order valence-electron chi connectivity index (χ3n) is 14.0. The normalized spacial score (nSPS) is 16.6. The first-order valence-electron chi connectivity index (χ1n) is 24.2. The summed E-state index contributed by atoms with van der Waals surface area (Å²) in [4.78, 5) is 64.5. The highest BCUT2D eigenvalue weighted by atomic mass is 32.1. The maximum atomic E-state index is 13.6. The van der Waals surface area contributed by atoms with Crippen molar-refractivity contribution in [2.75, 3.05) is 49.6 Å². The van der Waals surface area contributed by atoms with E-state index < -0.39 is 11.9 Å². The lowest BCUT2D eigenvalue weighted by Crippen LogP contribution is -2.39. The molecule has 3 aromatic heterocycles. The average Bonchev–Trinajstić information content (AvgIpc) is 3.93. The quantitative estimate of drug-likeness (QED) is 0.0619. The van der Waals surface area contributed by atoms with Crippen molar-refractivity contribution in [3.05, 3.63) is 125 Å². The van der Waals surface area contributed by atoms with E-state index >= 15 is 0 Å². The van der Waals surface area contributed by atoms with Gasteiger partial charge in [0.05, 0.1) is 40.6 Å². The number of aromatic nitrogens is 4. The van der Waals surface area contributed by atoms with Gasteiger partial charge >= 0.3 is 5.97 Å². The van der Waals surface area contributed by atoms with Crippen molar-refractivity contribution in [3.8, 4) is 22.6 Å². The van der Waals surface area contributed by atoms with E-state index in [9.17, 15) is 24.3 Å². The standard InChI is InChI=1S/C54H56N8O7S/c1-33-37(38-18-20-47(56-50(38)53(66)67)62-28-24-35-10-5-12-39(42(35)32-62)51(64)58-54-55-43-13-3-4-15-46(43)70-54)11-6-14-45(33)69-29-7-9-34-22-26-61(27-23-34)25-8-30-68-36-16-17-40-44(31-36)60(2)59-49(40)41-19-21-48(63)57-52(41)65/h3-6,10-18,20,31,34,41H,7-9,19,21-30,32H2,1-2H3,(H,66,67)(H,55,58,64)(H,57,63,65). The molecule has 70 heavy (non-hydrogen) atoms. The number of para-hydroxylation sites is 1. The summed E-state index contributed by atoms with van der Waals surface area (Å²) in [6, 6.07) is 28.9. The van der Waals surface area contributed by atoms with E-state index in [1.165, 1.54) is 11.3 Å². The van der Waals surface area contributed by atoms with Crippen LogP contribution in [0.2, 0.25) is 0 Å². The number of nitrogens with one attached hydrogen (secondary N) is 2. The van der Waals surface area contributed by atoms with Crippen molar-refractivity contribution in [3.63, 3.8) is 0 Å². The number of pyridine rings is 1. The molecule has 6 heterocycles. The van der Waals surface area contributed by atoms with Crippen LogP contribution in [0.1, 0.15) is 94.1 Å². The van der Waals surface area contributed by atoms with Crippen molar-refractivity contribution in [2.24, 2.45) is 13.0 Å². The molecule has 3 aliphatic rings. The van der Waals surface area contributed by atoms with Crippen molar-refractivity contribution in [1.82, 2.24) is 30.0 Å². The number of piperidine rings is 2. The van der Waals surface area contributed by atoms with Crippen LogP contribution in [-0.4, -0.2) is 92.8 Å². The molecule has 4 aromatic carbocycles. The Labute approximate surface area is 409 Å². The molecule has 3 aliphatic heterocycles. The predicted molar refractivity (Wildman–Crippen MR) is 270 cm³/mol. The Balaban J connectivity index is 0.687. The van der Waals surface area contributed by atoms with Gasteiger partial charge < -0.3 is 24.4 Å². The van der Waals surface area contributed by atoms with Gasteiger partial charge in [0.15, 0.2) is 10.8 Å². The van der Waals surface area contributed by atoms with Crippen LogP contribution in [0.5, 0.6) is 11.5 Å². The van der Waals surface area contributed by atoms with Crippen LogP contribution in [0.25, 0.3) is 32.2 Å². The molecule has 10 rings (SSSR count). The van der Waals surface area contributed by atoms with Crippen LogP contribution >= 0.6 is 11.3 Å². The van der Waals surface area contributed by atoms with Crippen LogP contribution in [0.15, 0.2) is 91.0 Å². The number of imide groups is 1. The number of nitrogens with zero attached hydrogens (tertiary/aromatic N) is 6. The zero-order valence-electron chi connectivity index (χ0n) is 39.4. The summed E-state index contributed by atoms with van der Waals surface area (Å²) < 4.78 is 15.3. The number of carbonyl (C=O) groups excluding carboxylic acids is 3. The zero-order chi connectivity index (χ0) is 48.3. The molecule has 3 amide bonds. The van der Waals surface area contributed by atoms with Gasteiger partial charge in [-0.05, 0) is 142 Å². The highest BCUT2D eigenvalue weighted by Gasteiger charge is 2.32. The lowest BCUT2D eigenvalue weighted by atomic mass is 9.92. The number of aromatic carboxylic acids is 1. The zero-order valence-corrected chi connectivity index (χ0v) is 40.2. The van der Waals surface area contributed by atoms with E-state index in [1.54, 1.807) is 4.68 Å². The Kier molecular flexibility index (Phi) is 13.6. The number of aryl methyl sites for hydroxylation is 1. The number of hydrogen-bond donors (Lipinski definition) is 3. The number of carboxylic acid groups (broad SMARTS) is 1. The van der Waals surface area contributed by atoms with Gasteiger partial charge in [-0.2, -0.15) is 5.10 Å². The topological polar surface area (TPSA) is 181 Å². The Bertz CT molecular complexity index is 3090. The number of likely N-dealkylation sites (tertiary alicyclic amines) is 1. The largest absolute Gasteiger partial charge is 0.493 e. The number of anilines is 2. The number of amides is 3. The summed E-state index contributed by atoms with van der Waals surface area (Å²) in [6.07, 6.45) is 6.69. The van der Waals surface area contributed by atoms with Gasteiger partial charge in [0, 0.05) is 55.7 Å². The van der Waals surface area contributed by atoms with Crippen LogP contribution < -0.4 is 25.0 Å². The number of rotatable bonds is 16. The second-order valence-corrected chi connectivity index (χ2v) is 19.6. The molecule has 0 spiro atoms. The van der Waals surface area contributed by atoms with Gasteiger partial charge in [-0.1, -0.05) is 47.7 Å². The van der Waals surface area contributed by atoms with Gasteiger partial charge in [-0.15, -0.1) is 0 Å². The molecule has 0 saturated carbocycles. The van der Waals surface area contributed by atoms with Gasteiger partial charge in [-0.3, -0.25) is 29.7 Å². The summed E-state index contributed by atoms with van der Waals surface area (Å²) in [5.74, 6) is 0.385. The fourth-order valence-electron chi connectivity index (χ4n) is 10.2. The van der Waals surface area contributed by atoms with Crippen LogP contribution in [0.3, 0.4) is 0 Å². The minimum absolute atomic E-state index is 0.0321. The molecule has 360 valence electrons. The van der Waals surface area contributed by atoms with Crippen molar-refractivity contribution < 1.29 is 33.8 Å². The number of benzene rings is 4.